The zero-order valence-corrected chi connectivity index (χ0v) is 6.97. The Morgan fingerprint density at radius 1 is 1.22 bits per heavy atom. The van der Waals surface area contributed by atoms with Crippen molar-refractivity contribution in [1.29, 1.82) is 0 Å². The number of ether oxygens (including phenoxy) is 1. The first kappa shape index (κ1) is 11.6. The highest BCUT2D eigenvalue weighted by Gasteiger charge is 1.87. The Morgan fingerprint density at radius 2 is 1.67 bits per heavy atom. The number of methoxy groups -OCH3 is 1. The van der Waals surface area contributed by atoms with Gasteiger partial charge in [0.15, 0.2) is 0 Å². The summed E-state index contributed by atoms with van der Waals surface area (Å²) >= 11 is 0. The quantitative estimate of drug-likeness (QED) is 0.427. The Kier molecular flexibility index (Phi) is 14.0. The van der Waals surface area contributed by atoms with E-state index in [9.17, 15) is 0 Å². The first-order valence-corrected chi connectivity index (χ1v) is 3.05. The van der Waals surface area contributed by atoms with Crippen LogP contribution in [0.5, 0.6) is 0 Å². The Morgan fingerprint density at radius 3 is 1.78 bits per heavy atom. The van der Waals surface area contributed by atoms with E-state index < -0.39 is 0 Å². The summed E-state index contributed by atoms with van der Waals surface area (Å²) in [5, 5.41) is 1.58. The first-order chi connectivity index (χ1) is 4.31. The van der Waals surface area contributed by atoms with Crippen molar-refractivity contribution >= 4 is 0 Å². The topological polar surface area (TPSA) is 21.7 Å². The molecule has 3 nitrogen and oxygen atoms in total. The molecule has 3 heteroatoms. The minimum Gasteiger partial charge on any atom is -0.367 e. The zero-order valence-electron chi connectivity index (χ0n) is 6.97. The maximum atomic E-state index is 4.70. The summed E-state index contributed by atoms with van der Waals surface area (Å²) in [6.07, 6.45) is 0. The molecule has 0 amide bonds. The summed E-state index contributed by atoms with van der Waals surface area (Å²) in [4.78, 5) is 4.70. The molecule has 0 aliphatic heterocycles. The number of rotatable bonds is 3. The summed E-state index contributed by atoms with van der Waals surface area (Å²) in [6.45, 7) is 4.51. The molecule has 0 rings (SSSR count). The number of nitrogens with zero attached hydrogens (tertiary/aromatic N) is 1. The lowest BCUT2D eigenvalue weighted by Crippen LogP contribution is -2.18. The van der Waals surface area contributed by atoms with Gasteiger partial charge in [-0.1, -0.05) is 13.8 Å². The van der Waals surface area contributed by atoms with Crippen LogP contribution >= 0.6 is 0 Å². The molecular formula is C6H17NO2. The van der Waals surface area contributed by atoms with Gasteiger partial charge in [-0.2, -0.15) is 5.06 Å². The van der Waals surface area contributed by atoms with Gasteiger partial charge in [0.25, 0.3) is 0 Å². The van der Waals surface area contributed by atoms with Crippen LogP contribution < -0.4 is 0 Å². The summed E-state index contributed by atoms with van der Waals surface area (Å²) in [7, 11) is 5.01. The highest BCUT2D eigenvalue weighted by molar-refractivity contribution is 4.11. The molecule has 0 fully saturated rings. The molecule has 0 aromatic rings. The van der Waals surface area contributed by atoms with Crippen LogP contribution in [0.4, 0.5) is 0 Å². The van der Waals surface area contributed by atoms with E-state index in [0.29, 0.717) is 6.73 Å². The SMILES string of the molecule is CC.COCN(C)OC. The molecule has 0 radical (unpaired) electrons. The van der Waals surface area contributed by atoms with Gasteiger partial charge in [-0.05, 0) is 0 Å². The Bertz CT molecular complexity index is 42.0. The van der Waals surface area contributed by atoms with E-state index in [4.69, 9.17) is 9.57 Å². The van der Waals surface area contributed by atoms with Gasteiger partial charge in [-0.15, -0.1) is 0 Å². The molecule has 0 bridgehead atoms. The van der Waals surface area contributed by atoms with Crippen molar-refractivity contribution in [3.63, 3.8) is 0 Å². The Balaban J connectivity index is 0. The fraction of sp³-hybridized carbons (Fsp3) is 1.00. The Hall–Kier alpha value is -0.120. The number of hydrogen-bond donors (Lipinski definition) is 0. The predicted molar refractivity (Wildman–Crippen MR) is 38.0 cm³/mol. The van der Waals surface area contributed by atoms with Crippen molar-refractivity contribution in [1.82, 2.24) is 5.06 Å². The molecule has 0 aromatic heterocycles. The van der Waals surface area contributed by atoms with Crippen LogP contribution in [0, 0.1) is 0 Å². The van der Waals surface area contributed by atoms with Crippen LogP contribution in [0.2, 0.25) is 0 Å². The second kappa shape index (κ2) is 10.8. The molecule has 0 aromatic carbocycles. The summed E-state index contributed by atoms with van der Waals surface area (Å²) < 4.78 is 4.70. The van der Waals surface area contributed by atoms with E-state index >= 15 is 0 Å². The normalized spacial score (nSPS) is 8.67. The van der Waals surface area contributed by atoms with Crippen molar-refractivity contribution in [2.24, 2.45) is 0 Å². The van der Waals surface area contributed by atoms with Gasteiger partial charge in [-0.25, -0.2) is 0 Å². The molecule has 0 aliphatic carbocycles. The third kappa shape index (κ3) is 11.4. The number of hydrogen-bond acceptors (Lipinski definition) is 3. The molecule has 0 saturated heterocycles. The van der Waals surface area contributed by atoms with E-state index in [1.165, 1.54) is 0 Å². The minimum atomic E-state index is 0.510. The molecule has 0 unspecified atom stereocenters. The standard InChI is InChI=1S/C4H11NO2.C2H6/c1-5(7-3)4-6-2;1-2/h4H2,1-3H3;1-2H3. The molecule has 0 N–H and O–H groups in total. The van der Waals surface area contributed by atoms with Crippen molar-refractivity contribution in [2.75, 3.05) is 28.0 Å². The zero-order chi connectivity index (χ0) is 7.70. The van der Waals surface area contributed by atoms with Gasteiger partial charge in [0.2, 0.25) is 0 Å². The largest absolute Gasteiger partial charge is 0.367 e. The van der Waals surface area contributed by atoms with Gasteiger partial charge in [0.05, 0.1) is 7.11 Å². The van der Waals surface area contributed by atoms with Crippen LogP contribution in [-0.4, -0.2) is 33.1 Å². The van der Waals surface area contributed by atoms with Gasteiger partial charge >= 0.3 is 0 Å². The van der Waals surface area contributed by atoms with E-state index in [1.807, 2.05) is 13.8 Å². The molecule has 0 atom stereocenters. The highest BCUT2D eigenvalue weighted by atomic mass is 16.7. The monoisotopic (exact) mass is 135 g/mol. The lowest BCUT2D eigenvalue weighted by atomic mass is 11.0. The molecule has 9 heavy (non-hydrogen) atoms. The van der Waals surface area contributed by atoms with Crippen LogP contribution in [0.3, 0.4) is 0 Å². The maximum Gasteiger partial charge on any atom is 0.121 e. The molecular weight excluding hydrogens is 118 g/mol. The highest BCUT2D eigenvalue weighted by Crippen LogP contribution is 1.77. The van der Waals surface area contributed by atoms with Crippen molar-refractivity contribution in [2.45, 2.75) is 13.8 Å². The Labute approximate surface area is 57.5 Å². The van der Waals surface area contributed by atoms with Gasteiger partial charge in [0.1, 0.15) is 6.73 Å². The second-order valence-corrected chi connectivity index (χ2v) is 1.23. The molecule has 0 aliphatic rings. The average Bonchev–Trinajstić information content (AvgIpc) is 1.93. The summed E-state index contributed by atoms with van der Waals surface area (Å²) in [5.41, 5.74) is 0. The fourth-order valence-corrected chi connectivity index (χ4v) is 0.235. The lowest BCUT2D eigenvalue weighted by Gasteiger charge is -2.09. The van der Waals surface area contributed by atoms with Crippen LogP contribution in [0.15, 0.2) is 0 Å². The van der Waals surface area contributed by atoms with Crippen LogP contribution in [0.1, 0.15) is 13.8 Å². The smallest absolute Gasteiger partial charge is 0.121 e. The second-order valence-electron chi connectivity index (χ2n) is 1.23. The van der Waals surface area contributed by atoms with E-state index in [1.54, 1.807) is 26.3 Å². The van der Waals surface area contributed by atoms with Crippen molar-refractivity contribution < 1.29 is 9.57 Å². The maximum absolute atomic E-state index is 4.70. The molecule has 0 saturated carbocycles. The summed E-state index contributed by atoms with van der Waals surface area (Å²) in [6, 6.07) is 0. The average molecular weight is 135 g/mol. The third-order valence-electron chi connectivity index (χ3n) is 0.623. The fourth-order valence-electron chi connectivity index (χ4n) is 0.235. The van der Waals surface area contributed by atoms with E-state index in [2.05, 4.69) is 0 Å². The van der Waals surface area contributed by atoms with Gasteiger partial charge in [-0.3, -0.25) is 0 Å². The van der Waals surface area contributed by atoms with E-state index in [-0.39, 0.29) is 0 Å². The first-order valence-electron chi connectivity index (χ1n) is 3.05. The molecule has 0 spiro atoms. The molecule has 0 heterocycles. The number of hydroxylamine groups is 2. The summed E-state index contributed by atoms with van der Waals surface area (Å²) in [5.74, 6) is 0. The molecule has 58 valence electrons. The van der Waals surface area contributed by atoms with Gasteiger partial charge < -0.3 is 9.57 Å². The minimum absolute atomic E-state index is 0.510. The van der Waals surface area contributed by atoms with Crippen LogP contribution in [-0.2, 0) is 9.57 Å². The van der Waals surface area contributed by atoms with Crippen molar-refractivity contribution in [3.8, 4) is 0 Å². The van der Waals surface area contributed by atoms with Gasteiger partial charge in [0, 0.05) is 14.2 Å². The predicted octanol–water partition coefficient (Wildman–Crippen LogP) is 1.11. The third-order valence-corrected chi connectivity index (χ3v) is 0.623. The van der Waals surface area contributed by atoms with Crippen LogP contribution in [0.25, 0.3) is 0 Å². The van der Waals surface area contributed by atoms with Crippen molar-refractivity contribution in [3.05, 3.63) is 0 Å². The van der Waals surface area contributed by atoms with E-state index in [0.717, 1.165) is 0 Å². The lowest BCUT2D eigenvalue weighted by molar-refractivity contribution is -0.162.